The Hall–Kier alpha value is -2.08. The van der Waals surface area contributed by atoms with E-state index in [9.17, 15) is 14.7 Å². The topological polar surface area (TPSA) is 78.9 Å². The summed E-state index contributed by atoms with van der Waals surface area (Å²) < 4.78 is 6.04. The van der Waals surface area contributed by atoms with Crippen molar-refractivity contribution in [2.75, 3.05) is 19.6 Å². The summed E-state index contributed by atoms with van der Waals surface area (Å²) in [6, 6.07) is 9.93. The molecule has 2 fully saturated rings. The zero-order valence-electron chi connectivity index (χ0n) is 14.6. The fraction of sp³-hybridized carbons (Fsp3) is 0.579. The van der Waals surface area contributed by atoms with Gasteiger partial charge in [0, 0.05) is 19.6 Å². The Morgan fingerprint density at radius 2 is 2.00 bits per heavy atom. The van der Waals surface area contributed by atoms with E-state index in [0.29, 0.717) is 19.5 Å². The molecular weight excluding hydrogens is 320 g/mol. The van der Waals surface area contributed by atoms with Gasteiger partial charge in [-0.2, -0.15) is 0 Å². The number of hydrogen-bond acceptors (Lipinski definition) is 3. The highest BCUT2D eigenvalue weighted by atomic mass is 16.5. The highest BCUT2D eigenvalue weighted by Crippen LogP contribution is 2.32. The maximum atomic E-state index is 12.4. The zero-order chi connectivity index (χ0) is 17.8. The van der Waals surface area contributed by atoms with E-state index in [1.807, 2.05) is 25.1 Å². The molecule has 2 aliphatic rings. The molecule has 0 radical (unpaired) electrons. The number of likely N-dealkylation sites (tertiary alicyclic amines) is 1. The predicted molar refractivity (Wildman–Crippen MR) is 93.2 cm³/mol. The molecule has 2 saturated heterocycles. The maximum Gasteiger partial charge on any atom is 0.317 e. The van der Waals surface area contributed by atoms with Gasteiger partial charge in [0.05, 0.1) is 18.1 Å². The summed E-state index contributed by atoms with van der Waals surface area (Å²) in [5, 5.41) is 12.1. The summed E-state index contributed by atoms with van der Waals surface area (Å²) in [7, 11) is 0. The zero-order valence-corrected chi connectivity index (χ0v) is 14.6. The second-order valence-corrected chi connectivity index (χ2v) is 7.20. The number of rotatable bonds is 4. The minimum Gasteiger partial charge on any atom is -0.481 e. The van der Waals surface area contributed by atoms with Crippen molar-refractivity contribution in [1.29, 1.82) is 0 Å². The van der Waals surface area contributed by atoms with Crippen molar-refractivity contribution in [3.8, 4) is 0 Å². The summed E-state index contributed by atoms with van der Waals surface area (Å²) in [6.45, 7) is 3.34. The first-order valence-electron chi connectivity index (χ1n) is 8.99. The molecule has 2 aliphatic heterocycles. The van der Waals surface area contributed by atoms with Gasteiger partial charge in [-0.3, -0.25) is 4.79 Å². The Balaban J connectivity index is 1.47. The Labute approximate surface area is 148 Å². The highest BCUT2D eigenvalue weighted by molar-refractivity contribution is 5.76. The summed E-state index contributed by atoms with van der Waals surface area (Å²) >= 11 is 0. The molecular formula is C19H26N2O4. The van der Waals surface area contributed by atoms with Gasteiger partial charge in [-0.25, -0.2) is 4.79 Å². The number of carboxylic acids is 1. The molecule has 0 aromatic heterocycles. The van der Waals surface area contributed by atoms with Crippen LogP contribution in [0.4, 0.5) is 4.79 Å². The molecule has 1 aromatic rings. The SMILES string of the molecule is CC1CC(C(=O)O)CN(C(=O)NC[C@H]2CC[C@@H](c3ccccc3)O2)C1. The lowest BCUT2D eigenvalue weighted by Crippen LogP contribution is -2.50. The molecule has 2 heterocycles. The third kappa shape index (κ3) is 4.51. The van der Waals surface area contributed by atoms with E-state index in [2.05, 4.69) is 17.4 Å². The number of benzene rings is 1. The van der Waals surface area contributed by atoms with Crippen molar-refractivity contribution in [2.24, 2.45) is 11.8 Å². The lowest BCUT2D eigenvalue weighted by atomic mass is 9.91. The molecule has 6 nitrogen and oxygen atoms in total. The lowest BCUT2D eigenvalue weighted by molar-refractivity contribution is -0.143. The normalized spacial score (nSPS) is 29.4. The second kappa shape index (κ2) is 7.87. The molecule has 3 rings (SSSR count). The molecule has 0 aliphatic carbocycles. The van der Waals surface area contributed by atoms with E-state index in [0.717, 1.165) is 12.8 Å². The number of nitrogens with one attached hydrogen (secondary N) is 1. The average molecular weight is 346 g/mol. The first-order chi connectivity index (χ1) is 12.0. The number of hydrogen-bond donors (Lipinski definition) is 2. The van der Waals surface area contributed by atoms with Gasteiger partial charge < -0.3 is 20.1 Å². The number of carboxylic acid groups (broad SMARTS) is 1. The van der Waals surface area contributed by atoms with Gasteiger partial charge in [-0.05, 0) is 30.7 Å². The molecule has 25 heavy (non-hydrogen) atoms. The second-order valence-electron chi connectivity index (χ2n) is 7.20. The van der Waals surface area contributed by atoms with Gasteiger partial charge >= 0.3 is 12.0 Å². The van der Waals surface area contributed by atoms with E-state index < -0.39 is 11.9 Å². The van der Waals surface area contributed by atoms with Gasteiger partial charge in [0.2, 0.25) is 0 Å². The van der Waals surface area contributed by atoms with Crippen LogP contribution >= 0.6 is 0 Å². The van der Waals surface area contributed by atoms with Crippen LogP contribution in [0.15, 0.2) is 30.3 Å². The van der Waals surface area contributed by atoms with Gasteiger partial charge in [0.25, 0.3) is 0 Å². The van der Waals surface area contributed by atoms with E-state index >= 15 is 0 Å². The minimum absolute atomic E-state index is 0.00615. The number of amides is 2. The molecule has 0 saturated carbocycles. The van der Waals surface area contributed by atoms with Crippen molar-refractivity contribution >= 4 is 12.0 Å². The van der Waals surface area contributed by atoms with Crippen molar-refractivity contribution in [3.05, 3.63) is 35.9 Å². The summed E-state index contributed by atoms with van der Waals surface area (Å²) in [5.74, 6) is -1.10. The van der Waals surface area contributed by atoms with Crippen molar-refractivity contribution in [1.82, 2.24) is 10.2 Å². The van der Waals surface area contributed by atoms with Crippen LogP contribution in [-0.2, 0) is 9.53 Å². The fourth-order valence-electron chi connectivity index (χ4n) is 3.78. The van der Waals surface area contributed by atoms with Gasteiger partial charge in [0.1, 0.15) is 0 Å². The van der Waals surface area contributed by atoms with Crippen LogP contribution in [0.5, 0.6) is 0 Å². The molecule has 2 N–H and O–H groups in total. The van der Waals surface area contributed by atoms with E-state index in [4.69, 9.17) is 4.74 Å². The van der Waals surface area contributed by atoms with Crippen molar-refractivity contribution < 1.29 is 19.4 Å². The molecule has 0 spiro atoms. The van der Waals surface area contributed by atoms with E-state index in [-0.39, 0.29) is 30.7 Å². The highest BCUT2D eigenvalue weighted by Gasteiger charge is 2.32. The molecule has 0 bridgehead atoms. The van der Waals surface area contributed by atoms with Crippen LogP contribution in [0.25, 0.3) is 0 Å². The first-order valence-corrected chi connectivity index (χ1v) is 8.99. The number of urea groups is 1. The Kier molecular flexibility index (Phi) is 5.58. The Bertz CT molecular complexity index is 607. The van der Waals surface area contributed by atoms with Crippen LogP contribution < -0.4 is 5.32 Å². The van der Waals surface area contributed by atoms with Crippen molar-refractivity contribution in [3.63, 3.8) is 0 Å². The molecule has 1 aromatic carbocycles. The maximum absolute atomic E-state index is 12.4. The number of piperidine rings is 1. The number of aliphatic carboxylic acids is 1. The number of carbonyl (C=O) groups is 2. The third-order valence-electron chi connectivity index (χ3n) is 5.06. The van der Waals surface area contributed by atoms with E-state index in [1.165, 1.54) is 5.56 Å². The smallest absolute Gasteiger partial charge is 0.317 e. The van der Waals surface area contributed by atoms with Gasteiger partial charge in [-0.1, -0.05) is 37.3 Å². The number of carbonyl (C=O) groups excluding carboxylic acids is 1. The van der Waals surface area contributed by atoms with Crippen LogP contribution in [0.3, 0.4) is 0 Å². The molecule has 6 heteroatoms. The van der Waals surface area contributed by atoms with Crippen LogP contribution in [0, 0.1) is 11.8 Å². The summed E-state index contributed by atoms with van der Waals surface area (Å²) in [6.07, 6.45) is 2.59. The Morgan fingerprint density at radius 3 is 2.72 bits per heavy atom. The van der Waals surface area contributed by atoms with Crippen LogP contribution in [0.2, 0.25) is 0 Å². The van der Waals surface area contributed by atoms with Gasteiger partial charge in [0.15, 0.2) is 0 Å². The average Bonchev–Trinajstić information content (AvgIpc) is 3.09. The monoisotopic (exact) mass is 346 g/mol. The van der Waals surface area contributed by atoms with Crippen LogP contribution in [0.1, 0.15) is 37.9 Å². The lowest BCUT2D eigenvalue weighted by Gasteiger charge is -2.34. The summed E-state index contributed by atoms with van der Waals surface area (Å²) in [5.41, 5.74) is 1.17. The Morgan fingerprint density at radius 1 is 1.24 bits per heavy atom. The van der Waals surface area contributed by atoms with Crippen molar-refractivity contribution in [2.45, 2.75) is 38.4 Å². The number of ether oxygens (including phenoxy) is 1. The fourth-order valence-corrected chi connectivity index (χ4v) is 3.78. The minimum atomic E-state index is -0.825. The molecule has 2 unspecified atom stereocenters. The number of nitrogens with zero attached hydrogens (tertiary/aromatic N) is 1. The summed E-state index contributed by atoms with van der Waals surface area (Å²) in [4.78, 5) is 25.2. The predicted octanol–water partition coefficient (Wildman–Crippen LogP) is 2.66. The quantitative estimate of drug-likeness (QED) is 0.878. The largest absolute Gasteiger partial charge is 0.481 e. The molecule has 136 valence electrons. The van der Waals surface area contributed by atoms with Gasteiger partial charge in [-0.15, -0.1) is 0 Å². The van der Waals surface area contributed by atoms with E-state index in [1.54, 1.807) is 4.90 Å². The third-order valence-corrected chi connectivity index (χ3v) is 5.06. The van der Waals surface area contributed by atoms with Crippen LogP contribution in [-0.4, -0.2) is 47.7 Å². The first kappa shape index (κ1) is 17.7. The molecule has 2 amide bonds. The standard InChI is InChI=1S/C19H26N2O4/c1-13-9-15(18(22)23)12-21(11-13)19(24)20-10-16-7-8-17(25-16)14-5-3-2-4-6-14/h2-6,13,15-17H,7-12H2,1H3,(H,20,24)(H,22,23)/t13?,15?,16-,17+/m1/s1. The molecule has 4 atom stereocenters.